The van der Waals surface area contributed by atoms with Crippen LogP contribution in [-0.2, 0) is 4.79 Å². The number of rotatable bonds is 4. The lowest BCUT2D eigenvalue weighted by molar-refractivity contribution is -0.121. The van der Waals surface area contributed by atoms with Crippen LogP contribution in [0, 0.1) is 0 Å². The van der Waals surface area contributed by atoms with Gasteiger partial charge in [-0.25, -0.2) is 5.43 Å². The molecule has 1 aliphatic heterocycles. The molecule has 0 unspecified atom stereocenters. The largest absolute Gasteiger partial charge is 0.497 e. The van der Waals surface area contributed by atoms with E-state index < -0.39 is 6.04 Å². The van der Waals surface area contributed by atoms with Crippen molar-refractivity contribution in [3.8, 4) is 5.75 Å². The van der Waals surface area contributed by atoms with Crippen LogP contribution in [0.15, 0.2) is 48.5 Å². The molecule has 3 N–H and O–H groups in total. The number of halogens is 1. The minimum Gasteiger partial charge on any atom is -0.497 e. The second kappa shape index (κ2) is 6.90. The molecule has 0 aliphatic carbocycles. The summed E-state index contributed by atoms with van der Waals surface area (Å²) in [6.07, 6.45) is 0. The van der Waals surface area contributed by atoms with Crippen molar-refractivity contribution in [1.82, 2.24) is 16.2 Å². The van der Waals surface area contributed by atoms with Crippen LogP contribution in [0.1, 0.15) is 22.0 Å². The summed E-state index contributed by atoms with van der Waals surface area (Å²) in [7, 11) is 1.59. The Morgan fingerprint density at radius 2 is 1.79 bits per heavy atom. The Balaban J connectivity index is 1.77. The molecule has 2 aromatic carbocycles. The van der Waals surface area contributed by atoms with Crippen LogP contribution < -0.4 is 20.9 Å². The molecule has 1 heterocycles. The van der Waals surface area contributed by atoms with E-state index in [4.69, 9.17) is 16.3 Å². The molecule has 2 amide bonds. The topological polar surface area (TPSA) is 79.5 Å². The number of hydrogen-bond acceptors (Lipinski definition) is 4. The van der Waals surface area contributed by atoms with Crippen molar-refractivity contribution < 1.29 is 14.3 Å². The van der Waals surface area contributed by atoms with Crippen LogP contribution in [0.3, 0.4) is 0 Å². The van der Waals surface area contributed by atoms with Gasteiger partial charge in [-0.2, -0.15) is 0 Å². The Bertz CT molecular complexity index is 747. The third-order valence-corrected chi connectivity index (χ3v) is 4.09. The normalized spacial score (nSPS) is 19.7. The molecule has 24 heavy (non-hydrogen) atoms. The molecule has 0 spiro atoms. The Morgan fingerprint density at radius 3 is 2.42 bits per heavy atom. The summed E-state index contributed by atoms with van der Waals surface area (Å²) >= 11 is 5.82. The van der Waals surface area contributed by atoms with Gasteiger partial charge < -0.3 is 10.1 Å². The first kappa shape index (κ1) is 16.3. The maximum absolute atomic E-state index is 12.4. The highest BCUT2D eigenvalue weighted by atomic mass is 35.5. The maximum Gasteiger partial charge on any atom is 0.258 e. The summed E-state index contributed by atoms with van der Waals surface area (Å²) in [4.78, 5) is 24.4. The summed E-state index contributed by atoms with van der Waals surface area (Å²) in [6.45, 7) is 0. The number of benzene rings is 2. The average molecular weight is 346 g/mol. The zero-order valence-electron chi connectivity index (χ0n) is 12.9. The highest BCUT2D eigenvalue weighted by Gasteiger charge is 2.36. The highest BCUT2D eigenvalue weighted by Crippen LogP contribution is 2.23. The van der Waals surface area contributed by atoms with Gasteiger partial charge in [-0.1, -0.05) is 23.7 Å². The highest BCUT2D eigenvalue weighted by molar-refractivity contribution is 6.30. The molecular weight excluding hydrogens is 330 g/mol. The molecule has 2 aromatic rings. The van der Waals surface area contributed by atoms with E-state index in [0.29, 0.717) is 10.6 Å². The number of methoxy groups -OCH3 is 1. The summed E-state index contributed by atoms with van der Waals surface area (Å²) < 4.78 is 5.13. The molecule has 7 heteroatoms. The van der Waals surface area contributed by atoms with E-state index in [2.05, 4.69) is 16.2 Å². The van der Waals surface area contributed by atoms with Crippen LogP contribution in [0.4, 0.5) is 0 Å². The number of amides is 2. The monoisotopic (exact) mass is 345 g/mol. The van der Waals surface area contributed by atoms with Crippen molar-refractivity contribution in [1.29, 1.82) is 0 Å². The van der Waals surface area contributed by atoms with E-state index in [9.17, 15) is 9.59 Å². The van der Waals surface area contributed by atoms with Gasteiger partial charge in [0.1, 0.15) is 11.8 Å². The first-order valence-corrected chi connectivity index (χ1v) is 7.72. The van der Waals surface area contributed by atoms with Crippen molar-refractivity contribution >= 4 is 23.4 Å². The van der Waals surface area contributed by atoms with Gasteiger partial charge in [-0.15, -0.1) is 0 Å². The van der Waals surface area contributed by atoms with Gasteiger partial charge >= 0.3 is 0 Å². The Hall–Kier alpha value is -2.57. The molecule has 1 aliphatic rings. The molecule has 0 bridgehead atoms. The zero-order chi connectivity index (χ0) is 17.1. The van der Waals surface area contributed by atoms with Crippen LogP contribution in [0.2, 0.25) is 5.02 Å². The summed E-state index contributed by atoms with van der Waals surface area (Å²) in [5.41, 5.74) is 6.75. The van der Waals surface area contributed by atoms with Crippen LogP contribution in [0.5, 0.6) is 5.75 Å². The van der Waals surface area contributed by atoms with Gasteiger partial charge in [-0.05, 0) is 42.0 Å². The second-order valence-electron chi connectivity index (χ2n) is 5.34. The average Bonchev–Trinajstić information content (AvgIpc) is 2.96. The smallest absolute Gasteiger partial charge is 0.258 e. The van der Waals surface area contributed by atoms with E-state index in [0.717, 1.165) is 11.3 Å². The summed E-state index contributed by atoms with van der Waals surface area (Å²) in [5.74, 6) is 0.0879. The fraction of sp³-hybridized carbons (Fsp3) is 0.176. The fourth-order valence-electron chi connectivity index (χ4n) is 2.52. The summed E-state index contributed by atoms with van der Waals surface area (Å²) in [6, 6.07) is 12.7. The van der Waals surface area contributed by atoms with Gasteiger partial charge in [-0.3, -0.25) is 15.0 Å². The molecule has 6 nitrogen and oxygen atoms in total. The minimum atomic E-state index is -0.721. The lowest BCUT2D eigenvalue weighted by Gasteiger charge is -2.18. The van der Waals surface area contributed by atoms with E-state index in [1.807, 2.05) is 12.1 Å². The van der Waals surface area contributed by atoms with Crippen molar-refractivity contribution in [2.75, 3.05) is 7.11 Å². The molecule has 1 saturated heterocycles. The number of carbonyl (C=O) groups excluding carboxylic acids is 2. The van der Waals surface area contributed by atoms with Gasteiger partial charge in [0.15, 0.2) is 0 Å². The van der Waals surface area contributed by atoms with Gasteiger partial charge in [0.05, 0.1) is 13.2 Å². The first-order chi connectivity index (χ1) is 11.6. The van der Waals surface area contributed by atoms with Crippen molar-refractivity contribution in [3.05, 3.63) is 64.7 Å². The number of nitrogens with one attached hydrogen (secondary N) is 3. The van der Waals surface area contributed by atoms with Gasteiger partial charge in [0.2, 0.25) is 0 Å². The second-order valence-corrected chi connectivity index (χ2v) is 5.78. The molecule has 124 valence electrons. The predicted molar refractivity (Wildman–Crippen MR) is 89.7 cm³/mol. The minimum absolute atomic E-state index is 0.293. The molecule has 0 radical (unpaired) electrons. The van der Waals surface area contributed by atoms with E-state index in [1.165, 1.54) is 0 Å². The lowest BCUT2D eigenvalue weighted by Crippen LogP contribution is -2.42. The quantitative estimate of drug-likeness (QED) is 0.789. The van der Waals surface area contributed by atoms with Crippen molar-refractivity contribution in [3.63, 3.8) is 0 Å². The predicted octanol–water partition coefficient (Wildman–Crippen LogP) is 1.82. The third kappa shape index (κ3) is 3.34. The fourth-order valence-corrected chi connectivity index (χ4v) is 2.65. The number of ether oxygens (including phenoxy) is 1. The molecule has 2 atom stereocenters. The van der Waals surface area contributed by atoms with E-state index >= 15 is 0 Å². The lowest BCUT2D eigenvalue weighted by atomic mass is 10.00. The third-order valence-electron chi connectivity index (χ3n) is 3.83. The standard InChI is InChI=1S/C17H16ClN3O3/c1-24-13-8-4-10(5-9-13)14-15(17(23)21-20-14)19-16(22)11-2-6-12(18)7-3-11/h2-9,14-15,20H,1H3,(H,19,22)(H,21,23)/t14-,15-/m0/s1. The van der Waals surface area contributed by atoms with Crippen molar-refractivity contribution in [2.24, 2.45) is 0 Å². The molecular formula is C17H16ClN3O3. The van der Waals surface area contributed by atoms with Gasteiger partial charge in [0, 0.05) is 10.6 Å². The van der Waals surface area contributed by atoms with Crippen molar-refractivity contribution in [2.45, 2.75) is 12.1 Å². The summed E-state index contributed by atoms with van der Waals surface area (Å²) in [5, 5.41) is 3.30. The van der Waals surface area contributed by atoms with Gasteiger partial charge in [0.25, 0.3) is 11.8 Å². The Morgan fingerprint density at radius 1 is 1.12 bits per heavy atom. The molecule has 0 aromatic heterocycles. The van der Waals surface area contributed by atoms with Crippen LogP contribution in [0.25, 0.3) is 0 Å². The zero-order valence-corrected chi connectivity index (χ0v) is 13.6. The Labute approximate surface area is 144 Å². The maximum atomic E-state index is 12.4. The van der Waals surface area contributed by atoms with E-state index in [-0.39, 0.29) is 17.9 Å². The Kier molecular flexibility index (Phi) is 4.69. The van der Waals surface area contributed by atoms with E-state index in [1.54, 1.807) is 43.5 Å². The first-order valence-electron chi connectivity index (χ1n) is 7.34. The molecule has 0 saturated carbocycles. The number of carbonyl (C=O) groups is 2. The van der Waals surface area contributed by atoms with Crippen LogP contribution in [-0.4, -0.2) is 25.0 Å². The number of hydrogen-bond donors (Lipinski definition) is 3. The molecule has 3 rings (SSSR count). The SMILES string of the molecule is COc1ccc([C@@H]2NNC(=O)[C@H]2NC(=O)c2ccc(Cl)cc2)cc1. The van der Waals surface area contributed by atoms with Crippen LogP contribution >= 0.6 is 11.6 Å². The number of hydrazine groups is 1. The molecule has 1 fully saturated rings.